The molecule has 1 fully saturated rings. The van der Waals surface area contributed by atoms with Gasteiger partial charge in [-0.15, -0.1) is 0 Å². The van der Waals surface area contributed by atoms with Gasteiger partial charge in [-0.1, -0.05) is 43.6 Å². The number of aliphatic hydroxyl groups excluding tert-OH is 1. The van der Waals surface area contributed by atoms with Gasteiger partial charge in [0.15, 0.2) is 0 Å². The molecule has 0 radical (unpaired) electrons. The molecule has 1 aliphatic rings. The van der Waals surface area contributed by atoms with E-state index in [-0.39, 0.29) is 21.6 Å². The smallest absolute Gasteiger partial charge is 0.236 e. The fourth-order valence-electron chi connectivity index (χ4n) is 2.19. The molecule has 1 rings (SSSR count). The molecule has 0 aromatic carbocycles. The molecular formula is C13H24BrNO2. The van der Waals surface area contributed by atoms with Crippen molar-refractivity contribution >= 4 is 21.8 Å². The Hall–Kier alpha value is -0.0900. The maximum Gasteiger partial charge on any atom is 0.236 e. The van der Waals surface area contributed by atoms with Crippen LogP contribution < -0.4 is 5.32 Å². The lowest BCUT2D eigenvalue weighted by Gasteiger charge is -2.37. The van der Waals surface area contributed by atoms with Crippen LogP contribution in [0.25, 0.3) is 0 Å². The Balaban J connectivity index is 2.46. The number of carbonyl (C=O) groups is 1. The molecule has 1 unspecified atom stereocenters. The summed E-state index contributed by atoms with van der Waals surface area (Å²) in [5.41, 5.74) is -0.295. The summed E-state index contributed by atoms with van der Waals surface area (Å²) in [6, 6.07) is 0. The van der Waals surface area contributed by atoms with Gasteiger partial charge >= 0.3 is 0 Å². The van der Waals surface area contributed by atoms with Crippen LogP contribution in [0.4, 0.5) is 0 Å². The van der Waals surface area contributed by atoms with Gasteiger partial charge < -0.3 is 10.4 Å². The van der Waals surface area contributed by atoms with E-state index in [9.17, 15) is 9.90 Å². The quantitative estimate of drug-likeness (QED) is 0.767. The van der Waals surface area contributed by atoms with Gasteiger partial charge in [0, 0.05) is 12.0 Å². The first-order valence-corrected chi connectivity index (χ1v) is 7.14. The largest absolute Gasteiger partial charge is 0.392 e. The first-order valence-electron chi connectivity index (χ1n) is 6.34. The van der Waals surface area contributed by atoms with Crippen LogP contribution in [0.3, 0.4) is 0 Å². The normalized spacial score (nSPS) is 20.9. The van der Waals surface area contributed by atoms with Crippen LogP contribution in [-0.2, 0) is 4.79 Å². The Morgan fingerprint density at radius 3 is 2.35 bits per heavy atom. The van der Waals surface area contributed by atoms with Crippen molar-refractivity contribution < 1.29 is 9.90 Å². The van der Waals surface area contributed by atoms with Crippen LogP contribution in [0.2, 0.25) is 0 Å². The summed E-state index contributed by atoms with van der Waals surface area (Å²) in [6.07, 6.45) is 2.52. The van der Waals surface area contributed by atoms with Gasteiger partial charge in [0.05, 0.1) is 6.10 Å². The molecule has 0 heterocycles. The van der Waals surface area contributed by atoms with E-state index in [0.717, 1.165) is 19.3 Å². The van der Waals surface area contributed by atoms with Crippen LogP contribution in [0.5, 0.6) is 0 Å². The average Bonchev–Trinajstić information content (AvgIpc) is 2.21. The average molecular weight is 306 g/mol. The molecule has 0 spiro atoms. The van der Waals surface area contributed by atoms with Crippen LogP contribution >= 0.6 is 15.9 Å². The Morgan fingerprint density at radius 1 is 1.47 bits per heavy atom. The first kappa shape index (κ1) is 15.0. The fraction of sp³-hybridized carbons (Fsp3) is 0.923. The highest BCUT2D eigenvalue weighted by Crippen LogP contribution is 2.40. The minimum absolute atomic E-state index is 0.0628. The van der Waals surface area contributed by atoms with Crippen molar-refractivity contribution in [1.82, 2.24) is 5.32 Å². The summed E-state index contributed by atoms with van der Waals surface area (Å²) < 4.78 is -0.341. The van der Waals surface area contributed by atoms with E-state index >= 15 is 0 Å². The molecule has 0 aromatic heterocycles. The maximum absolute atomic E-state index is 11.9. The van der Waals surface area contributed by atoms with E-state index < -0.39 is 6.10 Å². The predicted molar refractivity (Wildman–Crippen MR) is 73.1 cm³/mol. The van der Waals surface area contributed by atoms with Crippen molar-refractivity contribution in [2.45, 2.75) is 57.4 Å². The van der Waals surface area contributed by atoms with Crippen molar-refractivity contribution in [2.24, 2.45) is 11.3 Å². The summed E-state index contributed by atoms with van der Waals surface area (Å²) in [6.45, 7) is 8.47. The molecule has 1 saturated carbocycles. The number of hydrogen-bond donors (Lipinski definition) is 2. The van der Waals surface area contributed by atoms with E-state index in [1.54, 1.807) is 0 Å². The summed E-state index contributed by atoms with van der Waals surface area (Å²) in [4.78, 5) is 11.9. The fourth-order valence-corrected chi connectivity index (χ4v) is 2.89. The zero-order valence-corrected chi connectivity index (χ0v) is 12.8. The highest BCUT2D eigenvalue weighted by Gasteiger charge is 2.42. The monoisotopic (exact) mass is 305 g/mol. The molecule has 17 heavy (non-hydrogen) atoms. The van der Waals surface area contributed by atoms with Crippen molar-refractivity contribution in [3.05, 3.63) is 0 Å². The Kier molecular flexibility index (Phi) is 4.64. The second kappa shape index (κ2) is 5.27. The highest BCUT2D eigenvalue weighted by molar-refractivity contribution is 9.10. The van der Waals surface area contributed by atoms with Crippen molar-refractivity contribution in [3.8, 4) is 0 Å². The Labute approximate surface area is 112 Å². The van der Waals surface area contributed by atoms with Gasteiger partial charge in [0.2, 0.25) is 5.91 Å². The van der Waals surface area contributed by atoms with Gasteiger partial charge in [-0.2, -0.15) is 0 Å². The van der Waals surface area contributed by atoms with E-state index in [1.807, 2.05) is 27.7 Å². The van der Waals surface area contributed by atoms with E-state index in [1.165, 1.54) is 0 Å². The molecule has 1 aliphatic carbocycles. The van der Waals surface area contributed by atoms with Gasteiger partial charge in [-0.05, 0) is 25.2 Å². The predicted octanol–water partition coefficient (Wildman–Crippen LogP) is 2.46. The minimum atomic E-state index is -0.407. The molecule has 1 atom stereocenters. The van der Waals surface area contributed by atoms with Crippen molar-refractivity contribution in [1.29, 1.82) is 0 Å². The lowest BCUT2D eigenvalue weighted by Crippen LogP contribution is -2.51. The number of amides is 1. The first-order chi connectivity index (χ1) is 7.69. The molecule has 0 bridgehead atoms. The SMILES string of the molecule is CC(C)C(O)C(C)(C)CNC(=O)C1(Br)CCC1. The Morgan fingerprint density at radius 2 is 2.00 bits per heavy atom. The lowest BCUT2D eigenvalue weighted by atomic mass is 9.80. The highest BCUT2D eigenvalue weighted by atomic mass is 79.9. The van der Waals surface area contributed by atoms with Gasteiger partial charge in [-0.25, -0.2) is 0 Å². The van der Waals surface area contributed by atoms with E-state index in [4.69, 9.17) is 0 Å². The minimum Gasteiger partial charge on any atom is -0.392 e. The number of alkyl halides is 1. The molecular weight excluding hydrogens is 282 g/mol. The summed E-state index contributed by atoms with van der Waals surface area (Å²) in [5, 5.41) is 13.0. The third kappa shape index (κ3) is 3.44. The number of hydrogen-bond acceptors (Lipinski definition) is 2. The number of rotatable bonds is 5. The van der Waals surface area contributed by atoms with E-state index in [0.29, 0.717) is 6.54 Å². The topological polar surface area (TPSA) is 49.3 Å². The number of nitrogens with one attached hydrogen (secondary N) is 1. The van der Waals surface area contributed by atoms with Crippen LogP contribution in [-0.4, -0.2) is 28.0 Å². The molecule has 4 heteroatoms. The summed E-state index contributed by atoms with van der Waals surface area (Å²) in [5.74, 6) is 0.260. The number of aliphatic hydroxyl groups is 1. The zero-order chi connectivity index (χ0) is 13.3. The van der Waals surface area contributed by atoms with Crippen molar-refractivity contribution in [2.75, 3.05) is 6.54 Å². The molecule has 0 aromatic rings. The third-order valence-corrected chi connectivity index (χ3v) is 4.84. The van der Waals surface area contributed by atoms with Gasteiger partial charge in [0.25, 0.3) is 0 Å². The van der Waals surface area contributed by atoms with Crippen molar-refractivity contribution in [3.63, 3.8) is 0 Å². The summed E-state index contributed by atoms with van der Waals surface area (Å²) in [7, 11) is 0. The Bertz CT molecular complexity index is 285. The molecule has 0 aliphatic heterocycles. The second-order valence-electron chi connectivity index (χ2n) is 6.18. The molecule has 100 valence electrons. The van der Waals surface area contributed by atoms with Crippen LogP contribution in [0.1, 0.15) is 47.0 Å². The second-order valence-corrected chi connectivity index (χ2v) is 7.70. The van der Waals surface area contributed by atoms with Gasteiger partial charge in [-0.3, -0.25) is 4.79 Å². The standard InChI is InChI=1S/C13H24BrNO2/c1-9(2)10(16)12(3,4)8-15-11(17)13(14)6-5-7-13/h9-10,16H,5-8H2,1-4H3,(H,15,17). The lowest BCUT2D eigenvalue weighted by molar-refractivity contribution is -0.126. The maximum atomic E-state index is 11.9. The zero-order valence-electron chi connectivity index (χ0n) is 11.2. The molecule has 1 amide bonds. The van der Waals surface area contributed by atoms with Crippen LogP contribution in [0, 0.1) is 11.3 Å². The number of carbonyl (C=O) groups excluding carboxylic acids is 1. The summed E-state index contributed by atoms with van der Waals surface area (Å²) >= 11 is 3.49. The number of halogens is 1. The third-order valence-electron chi connectivity index (χ3n) is 3.69. The molecule has 2 N–H and O–H groups in total. The van der Waals surface area contributed by atoms with Crippen LogP contribution in [0.15, 0.2) is 0 Å². The molecule has 3 nitrogen and oxygen atoms in total. The van der Waals surface area contributed by atoms with Gasteiger partial charge in [0.1, 0.15) is 4.32 Å². The van der Waals surface area contributed by atoms with E-state index in [2.05, 4.69) is 21.2 Å². The molecule has 0 saturated heterocycles.